The summed E-state index contributed by atoms with van der Waals surface area (Å²) in [5.74, 6) is 0. The topological polar surface area (TPSA) is 83.7 Å². The molecule has 0 aliphatic carbocycles. The van der Waals surface area contributed by atoms with Crippen LogP contribution in [-0.4, -0.2) is 37.2 Å². The molecule has 8 heteroatoms. The summed E-state index contributed by atoms with van der Waals surface area (Å²) in [6.45, 7) is 1.81. The summed E-state index contributed by atoms with van der Waals surface area (Å²) in [5, 5.41) is 14.3. The molecule has 1 aromatic carbocycles. The van der Waals surface area contributed by atoms with Gasteiger partial charge in [-0.3, -0.25) is 21.0 Å². The fraction of sp³-hybridized carbons (Fsp3) is 0.417. The van der Waals surface area contributed by atoms with Gasteiger partial charge in [0.15, 0.2) is 5.11 Å². The van der Waals surface area contributed by atoms with Gasteiger partial charge in [0.1, 0.15) is 5.69 Å². The number of nitro benzene ring substituents is 1. The highest BCUT2D eigenvalue weighted by atomic mass is 32.1. The Kier molecular flexibility index (Phi) is 6.68. The maximum absolute atomic E-state index is 10.8. The first-order valence-electron chi connectivity index (χ1n) is 6.33. The van der Waals surface area contributed by atoms with Crippen LogP contribution in [0.4, 0.5) is 11.4 Å². The Labute approximate surface area is 123 Å². The van der Waals surface area contributed by atoms with Gasteiger partial charge in [-0.1, -0.05) is 12.1 Å². The Balaban J connectivity index is 2.36. The van der Waals surface area contributed by atoms with Crippen LogP contribution in [0, 0.1) is 10.1 Å². The van der Waals surface area contributed by atoms with Crippen molar-refractivity contribution in [1.82, 2.24) is 10.7 Å². The van der Waals surface area contributed by atoms with Crippen molar-refractivity contribution in [2.24, 2.45) is 0 Å². The van der Waals surface area contributed by atoms with Crippen molar-refractivity contribution in [2.75, 3.05) is 32.6 Å². The van der Waals surface area contributed by atoms with E-state index in [1.165, 1.54) is 11.0 Å². The highest BCUT2D eigenvalue weighted by molar-refractivity contribution is 7.80. The zero-order valence-corrected chi connectivity index (χ0v) is 12.4. The number of anilines is 1. The fourth-order valence-corrected chi connectivity index (χ4v) is 1.70. The second-order valence-electron chi connectivity index (χ2n) is 4.59. The normalized spacial score (nSPS) is 10.2. The molecule has 0 saturated carbocycles. The highest BCUT2D eigenvalue weighted by Crippen LogP contribution is 2.21. The lowest BCUT2D eigenvalue weighted by molar-refractivity contribution is -0.858. The molecule has 0 heterocycles. The minimum Gasteiger partial charge on any atom is -0.361 e. The van der Waals surface area contributed by atoms with E-state index < -0.39 is 4.92 Å². The lowest BCUT2D eigenvalue weighted by Crippen LogP contribution is -3.05. The van der Waals surface area contributed by atoms with E-state index >= 15 is 0 Å². The summed E-state index contributed by atoms with van der Waals surface area (Å²) < 4.78 is 0. The molecule has 1 aromatic rings. The van der Waals surface area contributed by atoms with Crippen LogP contribution in [0.3, 0.4) is 0 Å². The Morgan fingerprint density at radius 1 is 1.40 bits per heavy atom. The number of rotatable bonds is 7. The van der Waals surface area contributed by atoms with E-state index in [0.29, 0.717) is 10.8 Å². The number of hydrogen-bond acceptors (Lipinski definition) is 4. The van der Waals surface area contributed by atoms with Gasteiger partial charge in [-0.2, -0.15) is 0 Å². The van der Waals surface area contributed by atoms with E-state index in [0.717, 1.165) is 19.5 Å². The minimum absolute atomic E-state index is 0.000919. The van der Waals surface area contributed by atoms with Gasteiger partial charge in [0.05, 0.1) is 25.6 Å². The smallest absolute Gasteiger partial charge is 0.294 e. The standard InChI is InChI=1S/C12H19N5O2S/c1-16(2)9-5-8-13-12(20)15-14-10-6-3-4-7-11(10)17(18)19/h3-4,6-7,14H,5,8-9H2,1-2H3,(H2,13,15,20)/p+1. The maximum atomic E-state index is 10.8. The predicted molar refractivity (Wildman–Crippen MR) is 82.8 cm³/mol. The number of thiocarbonyl (C=S) groups is 1. The quantitative estimate of drug-likeness (QED) is 0.244. The van der Waals surface area contributed by atoms with Crippen molar-refractivity contribution in [2.45, 2.75) is 6.42 Å². The number of quaternary nitrogens is 1. The molecule has 7 nitrogen and oxygen atoms in total. The third kappa shape index (κ3) is 5.81. The number of nitro groups is 1. The molecule has 0 atom stereocenters. The molecule has 0 unspecified atom stereocenters. The van der Waals surface area contributed by atoms with Crippen LogP contribution >= 0.6 is 12.2 Å². The first kappa shape index (κ1) is 16.1. The molecule has 0 radical (unpaired) electrons. The fourth-order valence-electron chi connectivity index (χ4n) is 1.55. The maximum Gasteiger partial charge on any atom is 0.294 e. The largest absolute Gasteiger partial charge is 0.361 e. The Morgan fingerprint density at radius 2 is 2.10 bits per heavy atom. The molecule has 0 amide bonds. The minimum atomic E-state index is -0.444. The van der Waals surface area contributed by atoms with Crippen LogP contribution < -0.4 is 21.1 Å². The van der Waals surface area contributed by atoms with Crippen LogP contribution in [-0.2, 0) is 0 Å². The number of nitrogens with one attached hydrogen (secondary N) is 4. The van der Waals surface area contributed by atoms with Crippen LogP contribution in [0.25, 0.3) is 0 Å². The summed E-state index contributed by atoms with van der Waals surface area (Å²) in [6.07, 6.45) is 0.996. The molecule has 0 fully saturated rings. The van der Waals surface area contributed by atoms with Gasteiger partial charge in [0.2, 0.25) is 0 Å². The number of para-hydroxylation sites is 2. The summed E-state index contributed by atoms with van der Waals surface area (Å²) in [4.78, 5) is 11.8. The van der Waals surface area contributed by atoms with E-state index in [9.17, 15) is 10.1 Å². The van der Waals surface area contributed by atoms with Gasteiger partial charge in [0, 0.05) is 19.0 Å². The second-order valence-corrected chi connectivity index (χ2v) is 5.00. The second kappa shape index (κ2) is 8.28. The summed E-state index contributed by atoms with van der Waals surface area (Å²) in [7, 11) is 4.18. The van der Waals surface area contributed by atoms with Crippen molar-refractivity contribution in [3.63, 3.8) is 0 Å². The average Bonchev–Trinajstić information content (AvgIpc) is 2.41. The van der Waals surface area contributed by atoms with Gasteiger partial charge in [-0.25, -0.2) is 0 Å². The van der Waals surface area contributed by atoms with E-state index in [1.807, 2.05) is 0 Å². The molecule has 0 aromatic heterocycles. The zero-order chi connectivity index (χ0) is 15.0. The first-order chi connectivity index (χ1) is 9.50. The monoisotopic (exact) mass is 298 g/mol. The van der Waals surface area contributed by atoms with Gasteiger partial charge in [-0.05, 0) is 18.3 Å². The van der Waals surface area contributed by atoms with Crippen LogP contribution in [0.5, 0.6) is 0 Å². The van der Waals surface area contributed by atoms with Crippen molar-refractivity contribution in [3.8, 4) is 0 Å². The molecular weight excluding hydrogens is 278 g/mol. The molecule has 20 heavy (non-hydrogen) atoms. The molecule has 1 rings (SSSR count). The van der Waals surface area contributed by atoms with Gasteiger partial charge in [-0.15, -0.1) is 0 Å². The Hall–Kier alpha value is -1.93. The number of nitrogens with zero attached hydrogens (tertiary/aromatic N) is 1. The Bertz CT molecular complexity index is 467. The third-order valence-electron chi connectivity index (χ3n) is 2.55. The molecule has 0 aliphatic heterocycles. The van der Waals surface area contributed by atoms with E-state index in [2.05, 4.69) is 30.3 Å². The average molecular weight is 298 g/mol. The molecule has 0 bridgehead atoms. The molecule has 0 spiro atoms. The van der Waals surface area contributed by atoms with Crippen molar-refractivity contribution >= 4 is 28.7 Å². The highest BCUT2D eigenvalue weighted by Gasteiger charge is 2.11. The summed E-state index contributed by atoms with van der Waals surface area (Å²) in [5.41, 5.74) is 5.86. The molecule has 0 aliphatic rings. The molecule has 0 saturated heterocycles. The van der Waals surface area contributed by atoms with Crippen LogP contribution in [0.15, 0.2) is 24.3 Å². The van der Waals surface area contributed by atoms with Gasteiger partial charge < -0.3 is 10.2 Å². The number of hydrazine groups is 1. The van der Waals surface area contributed by atoms with Crippen LogP contribution in [0.2, 0.25) is 0 Å². The lowest BCUT2D eigenvalue weighted by atomic mass is 10.3. The van der Waals surface area contributed by atoms with Gasteiger partial charge >= 0.3 is 0 Å². The van der Waals surface area contributed by atoms with Crippen LogP contribution in [0.1, 0.15) is 6.42 Å². The number of hydrogen-bond donors (Lipinski definition) is 4. The molecular formula is C12H20N5O2S+. The summed E-state index contributed by atoms with van der Waals surface area (Å²) >= 11 is 5.08. The zero-order valence-electron chi connectivity index (χ0n) is 11.6. The number of benzene rings is 1. The summed E-state index contributed by atoms with van der Waals surface area (Å²) in [6, 6.07) is 6.38. The van der Waals surface area contributed by atoms with E-state index in [1.54, 1.807) is 18.2 Å². The van der Waals surface area contributed by atoms with Crippen molar-refractivity contribution in [1.29, 1.82) is 0 Å². The molecule has 110 valence electrons. The van der Waals surface area contributed by atoms with E-state index in [-0.39, 0.29) is 5.69 Å². The van der Waals surface area contributed by atoms with Gasteiger partial charge in [0.25, 0.3) is 5.69 Å². The predicted octanol–water partition coefficient (Wildman–Crippen LogP) is -0.0796. The third-order valence-corrected chi connectivity index (χ3v) is 2.80. The SMILES string of the molecule is C[NH+](C)CCCNC(=S)NNc1ccccc1[N+](=O)[O-]. The lowest BCUT2D eigenvalue weighted by Gasteiger charge is -2.13. The Morgan fingerprint density at radius 3 is 2.75 bits per heavy atom. The van der Waals surface area contributed by atoms with Crippen molar-refractivity contribution < 1.29 is 9.82 Å². The van der Waals surface area contributed by atoms with E-state index in [4.69, 9.17) is 12.2 Å². The van der Waals surface area contributed by atoms with Crippen molar-refractivity contribution in [3.05, 3.63) is 34.4 Å². The first-order valence-corrected chi connectivity index (χ1v) is 6.74. The molecule has 4 N–H and O–H groups in total.